The first kappa shape index (κ1) is 25.4. The van der Waals surface area contributed by atoms with E-state index in [4.69, 9.17) is 32.9 Å². The molecule has 4 heterocycles. The summed E-state index contributed by atoms with van der Waals surface area (Å²) in [5.74, 6) is -0.331. The van der Waals surface area contributed by atoms with Crippen molar-refractivity contribution in [3.05, 3.63) is 39.2 Å². The molecule has 1 unspecified atom stereocenters. The van der Waals surface area contributed by atoms with Gasteiger partial charge in [-0.3, -0.25) is 9.69 Å². The molecular weight excluding hydrogens is 549 g/mol. The zero-order chi connectivity index (χ0) is 24.7. The third kappa shape index (κ3) is 5.12. The van der Waals surface area contributed by atoms with E-state index in [0.717, 1.165) is 40.0 Å². The van der Waals surface area contributed by atoms with Crippen molar-refractivity contribution < 1.29 is 17.9 Å². The lowest BCUT2D eigenvalue weighted by Gasteiger charge is -2.33. The number of hydrogen-bond acceptors (Lipinski definition) is 7. The topological polar surface area (TPSA) is 79.8 Å². The van der Waals surface area contributed by atoms with Gasteiger partial charge in [0.05, 0.1) is 32.2 Å². The molecular formula is C23H25Cl2N3O4S3. The summed E-state index contributed by atoms with van der Waals surface area (Å²) in [6, 6.07) is 6.90. The second kappa shape index (κ2) is 10.2. The number of anilines is 1. The fraction of sp³-hybridized carbons (Fsp3) is 0.478. The summed E-state index contributed by atoms with van der Waals surface area (Å²) in [7, 11) is -3.61. The van der Waals surface area contributed by atoms with Gasteiger partial charge in [-0.25, -0.2) is 13.4 Å². The SMILES string of the molecule is Cc1ccc(Cl)c2sc(N(CC3CCCO3)C(=O)C3CCN(S(=O)(=O)c4ccc(Cl)s4)CC3)nc12. The summed E-state index contributed by atoms with van der Waals surface area (Å²) in [6.45, 7) is 3.67. The highest BCUT2D eigenvalue weighted by atomic mass is 35.5. The van der Waals surface area contributed by atoms with Crippen molar-refractivity contribution in [1.29, 1.82) is 0 Å². The van der Waals surface area contributed by atoms with Crippen LogP contribution in [0.25, 0.3) is 10.2 Å². The Hall–Kier alpha value is -1.27. The first-order valence-corrected chi connectivity index (χ1v) is 15.3. The molecule has 188 valence electrons. The van der Waals surface area contributed by atoms with Crippen molar-refractivity contribution in [2.45, 2.75) is 42.9 Å². The van der Waals surface area contributed by atoms with E-state index < -0.39 is 10.0 Å². The highest BCUT2D eigenvalue weighted by molar-refractivity contribution is 7.91. The van der Waals surface area contributed by atoms with Crippen LogP contribution in [-0.2, 0) is 19.6 Å². The minimum absolute atomic E-state index is 0.0356. The number of aromatic nitrogens is 1. The molecule has 0 N–H and O–H groups in total. The summed E-state index contributed by atoms with van der Waals surface area (Å²) in [5.41, 5.74) is 1.81. The molecule has 0 spiro atoms. The standard InChI is InChI=1S/C23H25Cl2N3O4S3/c1-14-4-5-17(24)21-20(14)26-23(34-21)28(13-16-3-2-12-32-16)22(29)15-8-10-27(11-9-15)35(30,31)19-7-6-18(25)33-19/h4-7,15-16H,2-3,8-13H2,1H3. The number of ether oxygens (including phenoxy) is 1. The molecule has 12 heteroatoms. The van der Waals surface area contributed by atoms with Crippen LogP contribution in [0.4, 0.5) is 5.13 Å². The zero-order valence-corrected chi connectivity index (χ0v) is 23.0. The smallest absolute Gasteiger partial charge is 0.252 e. The number of rotatable bonds is 6. The number of benzene rings is 1. The van der Waals surface area contributed by atoms with E-state index in [0.29, 0.717) is 40.5 Å². The van der Waals surface area contributed by atoms with Gasteiger partial charge in [0.15, 0.2) is 5.13 Å². The van der Waals surface area contributed by atoms with Gasteiger partial charge in [0, 0.05) is 25.6 Å². The van der Waals surface area contributed by atoms with Gasteiger partial charge in [-0.2, -0.15) is 4.31 Å². The van der Waals surface area contributed by atoms with Gasteiger partial charge in [0.2, 0.25) is 5.91 Å². The zero-order valence-electron chi connectivity index (χ0n) is 19.1. The monoisotopic (exact) mass is 573 g/mol. The van der Waals surface area contributed by atoms with Crippen LogP contribution in [0.2, 0.25) is 9.36 Å². The second-order valence-corrected chi connectivity index (χ2v) is 14.1. The van der Waals surface area contributed by atoms with Crippen molar-refractivity contribution in [3.63, 3.8) is 0 Å². The Morgan fingerprint density at radius 3 is 2.57 bits per heavy atom. The van der Waals surface area contributed by atoms with Gasteiger partial charge in [-0.1, -0.05) is 40.6 Å². The lowest BCUT2D eigenvalue weighted by molar-refractivity contribution is -0.123. The molecule has 3 aromatic rings. The third-order valence-electron chi connectivity index (χ3n) is 6.54. The van der Waals surface area contributed by atoms with Gasteiger partial charge >= 0.3 is 0 Å². The molecule has 1 amide bonds. The molecule has 2 fully saturated rings. The van der Waals surface area contributed by atoms with Gasteiger partial charge in [-0.15, -0.1) is 11.3 Å². The molecule has 0 saturated carbocycles. The molecule has 0 bridgehead atoms. The molecule has 2 aliphatic heterocycles. The van der Waals surface area contributed by atoms with E-state index in [-0.39, 0.29) is 35.2 Å². The van der Waals surface area contributed by atoms with Crippen molar-refractivity contribution >= 4 is 77.2 Å². The molecule has 2 aliphatic rings. The Morgan fingerprint density at radius 2 is 1.94 bits per heavy atom. The Kier molecular flexibility index (Phi) is 7.43. The van der Waals surface area contributed by atoms with E-state index in [9.17, 15) is 13.2 Å². The number of piperidine rings is 1. The number of fused-ring (bicyclic) bond motifs is 1. The number of amides is 1. The van der Waals surface area contributed by atoms with Crippen LogP contribution in [0.3, 0.4) is 0 Å². The van der Waals surface area contributed by atoms with E-state index in [1.54, 1.807) is 11.0 Å². The highest BCUT2D eigenvalue weighted by Gasteiger charge is 2.36. The maximum atomic E-state index is 13.8. The van der Waals surface area contributed by atoms with Gasteiger partial charge in [0.1, 0.15) is 4.21 Å². The first-order valence-electron chi connectivity index (χ1n) is 11.5. The van der Waals surface area contributed by atoms with Crippen LogP contribution in [0.1, 0.15) is 31.2 Å². The first-order chi connectivity index (χ1) is 16.7. The largest absolute Gasteiger partial charge is 0.376 e. The fourth-order valence-corrected chi connectivity index (χ4v) is 9.03. The number of aryl methyl sites for hydroxylation is 1. The Balaban J connectivity index is 1.37. The number of carbonyl (C=O) groups excluding carboxylic acids is 1. The Morgan fingerprint density at radius 1 is 1.17 bits per heavy atom. The van der Waals surface area contributed by atoms with E-state index in [1.165, 1.54) is 21.7 Å². The fourth-order valence-electron chi connectivity index (χ4n) is 4.59. The normalized spacial score (nSPS) is 20.0. The number of sulfonamides is 1. The minimum Gasteiger partial charge on any atom is -0.376 e. The summed E-state index contributed by atoms with van der Waals surface area (Å²) < 4.78 is 34.8. The predicted molar refractivity (Wildman–Crippen MR) is 142 cm³/mol. The van der Waals surface area contributed by atoms with Crippen LogP contribution in [0.15, 0.2) is 28.5 Å². The third-order valence-corrected chi connectivity index (χ3v) is 11.7. The number of halogens is 2. The number of thiazole rings is 1. The van der Waals surface area contributed by atoms with Crippen LogP contribution in [0.5, 0.6) is 0 Å². The van der Waals surface area contributed by atoms with Crippen LogP contribution >= 0.6 is 45.9 Å². The predicted octanol–water partition coefficient (Wildman–Crippen LogP) is 5.59. The lowest BCUT2D eigenvalue weighted by Crippen LogP contribution is -2.46. The van der Waals surface area contributed by atoms with Crippen molar-refractivity contribution in [3.8, 4) is 0 Å². The maximum absolute atomic E-state index is 13.8. The van der Waals surface area contributed by atoms with E-state index >= 15 is 0 Å². The van der Waals surface area contributed by atoms with Gasteiger partial charge in [-0.05, 0) is 56.4 Å². The quantitative estimate of drug-likeness (QED) is 0.384. The van der Waals surface area contributed by atoms with Gasteiger partial charge in [0.25, 0.3) is 10.0 Å². The average molecular weight is 575 g/mol. The Labute approximate surface area is 222 Å². The van der Waals surface area contributed by atoms with E-state index in [1.807, 2.05) is 19.1 Å². The number of hydrogen-bond donors (Lipinski definition) is 0. The van der Waals surface area contributed by atoms with Crippen LogP contribution in [-0.4, -0.2) is 56.0 Å². The summed E-state index contributed by atoms with van der Waals surface area (Å²) >= 11 is 14.8. The summed E-state index contributed by atoms with van der Waals surface area (Å²) in [6.07, 6.45) is 2.73. The molecule has 7 nitrogen and oxygen atoms in total. The highest BCUT2D eigenvalue weighted by Crippen LogP contribution is 2.38. The summed E-state index contributed by atoms with van der Waals surface area (Å²) in [4.78, 5) is 20.3. The molecule has 35 heavy (non-hydrogen) atoms. The van der Waals surface area contributed by atoms with Crippen molar-refractivity contribution in [2.24, 2.45) is 5.92 Å². The van der Waals surface area contributed by atoms with Crippen molar-refractivity contribution in [1.82, 2.24) is 9.29 Å². The summed E-state index contributed by atoms with van der Waals surface area (Å²) in [5, 5.41) is 1.23. The molecule has 0 radical (unpaired) electrons. The molecule has 0 aliphatic carbocycles. The van der Waals surface area contributed by atoms with Crippen molar-refractivity contribution in [2.75, 3.05) is 31.1 Å². The number of nitrogens with zero attached hydrogens (tertiary/aromatic N) is 3. The Bertz CT molecular complexity index is 1300. The average Bonchev–Trinajstić information content (AvgIpc) is 3.61. The van der Waals surface area contributed by atoms with Gasteiger partial charge < -0.3 is 4.74 Å². The van der Waals surface area contributed by atoms with Crippen LogP contribution < -0.4 is 4.90 Å². The molecule has 2 aromatic heterocycles. The molecule has 5 rings (SSSR count). The second-order valence-electron chi connectivity index (χ2n) is 8.86. The number of thiophene rings is 1. The molecule has 2 saturated heterocycles. The molecule has 1 atom stereocenters. The maximum Gasteiger partial charge on any atom is 0.252 e. The van der Waals surface area contributed by atoms with Crippen LogP contribution in [0, 0.1) is 12.8 Å². The van der Waals surface area contributed by atoms with E-state index in [2.05, 4.69) is 0 Å². The number of carbonyl (C=O) groups is 1. The molecule has 1 aromatic carbocycles. The minimum atomic E-state index is -3.61. The lowest BCUT2D eigenvalue weighted by atomic mass is 9.96.